The minimum atomic E-state index is -0.521. The number of ether oxygens (including phenoxy) is 1. The van der Waals surface area contributed by atoms with Crippen molar-refractivity contribution in [2.45, 2.75) is 46.1 Å². The second-order valence-corrected chi connectivity index (χ2v) is 7.85. The number of benzene rings is 1. The summed E-state index contributed by atoms with van der Waals surface area (Å²) in [5.41, 5.74) is 2.32. The van der Waals surface area contributed by atoms with Gasteiger partial charge in [0.1, 0.15) is 5.60 Å². The van der Waals surface area contributed by atoms with E-state index in [0.717, 1.165) is 48.0 Å². The van der Waals surface area contributed by atoms with Gasteiger partial charge >= 0.3 is 6.09 Å². The number of unbranched alkanes of at least 4 members (excludes halogenated alkanes) is 1. The van der Waals surface area contributed by atoms with Gasteiger partial charge in [0, 0.05) is 30.1 Å². The molecule has 0 aliphatic carbocycles. The van der Waals surface area contributed by atoms with Gasteiger partial charge in [0.05, 0.1) is 5.52 Å². The SMILES string of the molecule is C=CCN(C)CCCC#Cc1ccc2c(c1)c(C)cn2C(=O)OC(C)(C)C. The lowest BCUT2D eigenvalue weighted by Crippen LogP contribution is -2.26. The highest BCUT2D eigenvalue weighted by Gasteiger charge is 2.19. The number of aromatic nitrogens is 1. The van der Waals surface area contributed by atoms with Gasteiger partial charge in [-0.25, -0.2) is 4.79 Å². The third-order valence-electron chi connectivity index (χ3n) is 4.11. The Morgan fingerprint density at radius 3 is 2.78 bits per heavy atom. The monoisotopic (exact) mass is 366 g/mol. The lowest BCUT2D eigenvalue weighted by Gasteiger charge is -2.19. The third kappa shape index (κ3) is 6.01. The van der Waals surface area contributed by atoms with E-state index in [1.165, 1.54) is 0 Å². The highest BCUT2D eigenvalue weighted by Crippen LogP contribution is 2.23. The van der Waals surface area contributed by atoms with Crippen molar-refractivity contribution >= 4 is 17.0 Å². The third-order valence-corrected chi connectivity index (χ3v) is 4.11. The zero-order valence-electron chi connectivity index (χ0n) is 17.1. The molecule has 1 aromatic heterocycles. The van der Waals surface area contributed by atoms with Crippen molar-refractivity contribution in [3.05, 3.63) is 48.2 Å². The number of hydrogen-bond donors (Lipinski definition) is 0. The quantitative estimate of drug-likeness (QED) is 0.425. The van der Waals surface area contributed by atoms with Crippen LogP contribution in [-0.2, 0) is 4.74 Å². The van der Waals surface area contributed by atoms with Crippen LogP contribution < -0.4 is 0 Å². The average molecular weight is 367 g/mol. The summed E-state index contributed by atoms with van der Waals surface area (Å²) in [6, 6.07) is 5.94. The highest BCUT2D eigenvalue weighted by molar-refractivity contribution is 5.92. The minimum Gasteiger partial charge on any atom is -0.443 e. The van der Waals surface area contributed by atoms with Gasteiger partial charge in [-0.3, -0.25) is 4.57 Å². The van der Waals surface area contributed by atoms with Crippen molar-refractivity contribution < 1.29 is 9.53 Å². The van der Waals surface area contributed by atoms with Crippen LogP contribution in [0.4, 0.5) is 4.79 Å². The van der Waals surface area contributed by atoms with E-state index >= 15 is 0 Å². The molecule has 4 nitrogen and oxygen atoms in total. The second-order valence-electron chi connectivity index (χ2n) is 7.85. The summed E-state index contributed by atoms with van der Waals surface area (Å²) in [4.78, 5) is 14.6. The highest BCUT2D eigenvalue weighted by atomic mass is 16.6. The molecule has 1 aromatic carbocycles. The molecular formula is C23H30N2O2. The van der Waals surface area contributed by atoms with Crippen LogP contribution in [0.2, 0.25) is 0 Å². The molecule has 2 aromatic rings. The molecule has 1 heterocycles. The first-order chi connectivity index (χ1) is 12.7. The largest absolute Gasteiger partial charge is 0.443 e. The summed E-state index contributed by atoms with van der Waals surface area (Å²) in [7, 11) is 2.08. The Morgan fingerprint density at radius 2 is 2.11 bits per heavy atom. The average Bonchev–Trinajstić information content (AvgIpc) is 2.90. The molecule has 0 unspecified atom stereocenters. The van der Waals surface area contributed by atoms with Gasteiger partial charge in [0.15, 0.2) is 0 Å². The van der Waals surface area contributed by atoms with E-state index in [2.05, 4.69) is 30.4 Å². The molecule has 0 saturated heterocycles. The maximum Gasteiger partial charge on any atom is 0.418 e. The molecule has 0 N–H and O–H groups in total. The zero-order valence-corrected chi connectivity index (χ0v) is 17.1. The topological polar surface area (TPSA) is 34.5 Å². The van der Waals surface area contributed by atoms with Crippen LogP contribution in [0.5, 0.6) is 0 Å². The maximum absolute atomic E-state index is 12.4. The summed E-state index contributed by atoms with van der Waals surface area (Å²) in [6.07, 6.45) is 5.27. The first-order valence-corrected chi connectivity index (χ1v) is 9.34. The standard InChI is InChI=1S/C23H30N2O2/c1-7-14-24(6)15-10-8-9-11-19-12-13-21-20(16-19)18(2)17-25(21)22(26)27-23(3,4)5/h7,12-13,16-17H,1,8,10,14-15H2,2-6H3. The Balaban J connectivity index is 2.10. The fraction of sp³-hybridized carbons (Fsp3) is 0.435. The predicted molar refractivity (Wildman–Crippen MR) is 112 cm³/mol. The molecule has 4 heteroatoms. The minimum absolute atomic E-state index is 0.358. The fourth-order valence-electron chi connectivity index (χ4n) is 2.85. The molecule has 0 atom stereocenters. The van der Waals surface area contributed by atoms with E-state index in [0.29, 0.717) is 0 Å². The Kier molecular flexibility index (Phi) is 6.87. The summed E-state index contributed by atoms with van der Waals surface area (Å²) < 4.78 is 7.06. The van der Waals surface area contributed by atoms with Crippen LogP contribution >= 0.6 is 0 Å². The van der Waals surface area contributed by atoms with Crippen LogP contribution in [0.3, 0.4) is 0 Å². The molecule has 0 fully saturated rings. The van der Waals surface area contributed by atoms with Crippen LogP contribution in [-0.4, -0.2) is 41.3 Å². The number of carbonyl (C=O) groups excluding carboxylic acids is 1. The Labute approximate surface area is 162 Å². The number of hydrogen-bond acceptors (Lipinski definition) is 3. The molecule has 0 amide bonds. The van der Waals surface area contributed by atoms with E-state index in [9.17, 15) is 4.79 Å². The van der Waals surface area contributed by atoms with Crippen LogP contribution in [0.25, 0.3) is 10.9 Å². The molecule has 0 spiro atoms. The number of carbonyl (C=O) groups is 1. The number of nitrogens with zero attached hydrogens (tertiary/aromatic N) is 2. The molecule has 0 bridgehead atoms. The molecule has 0 radical (unpaired) electrons. The van der Waals surface area contributed by atoms with Crippen molar-refractivity contribution in [1.29, 1.82) is 0 Å². The van der Waals surface area contributed by atoms with Crippen molar-refractivity contribution in [2.24, 2.45) is 0 Å². The first-order valence-electron chi connectivity index (χ1n) is 9.34. The molecule has 0 aliphatic heterocycles. The van der Waals surface area contributed by atoms with Gasteiger partial charge in [0.25, 0.3) is 0 Å². The number of rotatable bonds is 5. The molecule has 27 heavy (non-hydrogen) atoms. The van der Waals surface area contributed by atoms with Crippen molar-refractivity contribution in [1.82, 2.24) is 9.47 Å². The van der Waals surface area contributed by atoms with Gasteiger partial charge < -0.3 is 9.64 Å². The normalized spacial score (nSPS) is 11.3. The maximum atomic E-state index is 12.4. The summed E-state index contributed by atoms with van der Waals surface area (Å²) in [5, 5.41) is 1.03. The van der Waals surface area contributed by atoms with Crippen LogP contribution in [0.15, 0.2) is 37.1 Å². The second kappa shape index (κ2) is 8.92. The fourth-order valence-corrected chi connectivity index (χ4v) is 2.85. The lowest BCUT2D eigenvalue weighted by molar-refractivity contribution is 0.0544. The molecular weight excluding hydrogens is 336 g/mol. The van der Waals surface area contributed by atoms with Crippen molar-refractivity contribution in [2.75, 3.05) is 20.1 Å². The molecule has 0 aliphatic rings. The van der Waals surface area contributed by atoms with Gasteiger partial charge in [-0.2, -0.15) is 0 Å². The van der Waals surface area contributed by atoms with E-state index < -0.39 is 5.60 Å². The van der Waals surface area contributed by atoms with Crippen LogP contribution in [0, 0.1) is 18.8 Å². The first kappa shape index (κ1) is 20.8. The predicted octanol–water partition coefficient (Wildman–Crippen LogP) is 4.98. The molecule has 0 saturated carbocycles. The van der Waals surface area contributed by atoms with Crippen molar-refractivity contribution in [3.63, 3.8) is 0 Å². The Hall–Kier alpha value is -2.51. The molecule has 144 valence electrons. The van der Waals surface area contributed by atoms with E-state index in [-0.39, 0.29) is 6.09 Å². The Bertz CT molecular complexity index is 875. The smallest absolute Gasteiger partial charge is 0.418 e. The van der Waals surface area contributed by atoms with E-state index in [1.807, 2.05) is 58.2 Å². The van der Waals surface area contributed by atoms with E-state index in [4.69, 9.17) is 4.74 Å². The van der Waals surface area contributed by atoms with Gasteiger partial charge in [-0.15, -0.1) is 6.58 Å². The summed E-state index contributed by atoms with van der Waals surface area (Å²) in [5.74, 6) is 6.48. The number of likely N-dealkylation sites (N-methyl/N-ethyl adjacent to an activating group) is 1. The summed E-state index contributed by atoms with van der Waals surface area (Å²) in [6.45, 7) is 13.3. The van der Waals surface area contributed by atoms with Crippen molar-refractivity contribution in [3.8, 4) is 11.8 Å². The summed E-state index contributed by atoms with van der Waals surface area (Å²) >= 11 is 0. The van der Waals surface area contributed by atoms with Gasteiger partial charge in [-0.05, 0) is 71.5 Å². The zero-order chi connectivity index (χ0) is 20.0. The number of aryl methyl sites for hydroxylation is 1. The van der Waals surface area contributed by atoms with Gasteiger partial charge in [0.2, 0.25) is 0 Å². The lowest BCUT2D eigenvalue weighted by atomic mass is 10.1. The Morgan fingerprint density at radius 1 is 1.37 bits per heavy atom. The number of fused-ring (bicyclic) bond motifs is 1. The molecule has 2 rings (SSSR count). The van der Waals surface area contributed by atoms with E-state index in [1.54, 1.807) is 4.57 Å². The van der Waals surface area contributed by atoms with Gasteiger partial charge in [-0.1, -0.05) is 17.9 Å². The van der Waals surface area contributed by atoms with Crippen LogP contribution in [0.1, 0.15) is 44.7 Å².